The molecule has 0 aromatic rings. The van der Waals surface area contributed by atoms with Crippen LogP contribution < -0.4 is 11.3 Å². The van der Waals surface area contributed by atoms with Gasteiger partial charge in [-0.25, -0.2) is 0 Å². The summed E-state index contributed by atoms with van der Waals surface area (Å²) in [5.41, 5.74) is 4.80. The molecular formula is C17H33N3. The van der Waals surface area contributed by atoms with E-state index in [2.05, 4.69) is 30.2 Å². The van der Waals surface area contributed by atoms with Crippen LogP contribution in [-0.2, 0) is 0 Å². The van der Waals surface area contributed by atoms with E-state index in [0.717, 1.165) is 0 Å². The number of allylic oxidation sites excluding steroid dienone is 1. The van der Waals surface area contributed by atoms with Gasteiger partial charge < -0.3 is 0 Å². The summed E-state index contributed by atoms with van der Waals surface area (Å²) in [4.78, 5) is 2.64. The summed E-state index contributed by atoms with van der Waals surface area (Å²) in [6.45, 7) is 7.17. The third-order valence-electron chi connectivity index (χ3n) is 5.24. The highest BCUT2D eigenvalue weighted by Crippen LogP contribution is 2.30. The molecule has 3 nitrogen and oxygen atoms in total. The zero-order valence-corrected chi connectivity index (χ0v) is 13.5. The SMILES string of the molecule is CC(C)(C(NN)C1=CCCCCCC1)N1CCCCC1. The normalized spacial score (nSPS) is 24.6. The van der Waals surface area contributed by atoms with Crippen LogP contribution in [0.15, 0.2) is 11.6 Å². The molecule has 0 aromatic carbocycles. The molecule has 0 aromatic heterocycles. The minimum atomic E-state index is 0.111. The lowest BCUT2D eigenvalue weighted by Gasteiger charge is -2.46. The highest BCUT2D eigenvalue weighted by Gasteiger charge is 2.37. The number of likely N-dealkylation sites (tertiary alicyclic amines) is 1. The van der Waals surface area contributed by atoms with Crippen molar-refractivity contribution in [2.75, 3.05) is 13.1 Å². The monoisotopic (exact) mass is 279 g/mol. The topological polar surface area (TPSA) is 41.3 Å². The van der Waals surface area contributed by atoms with Crippen LogP contribution >= 0.6 is 0 Å². The van der Waals surface area contributed by atoms with Crippen molar-refractivity contribution in [2.24, 2.45) is 5.84 Å². The number of hydrazine groups is 1. The van der Waals surface area contributed by atoms with Crippen LogP contribution in [0.1, 0.15) is 71.6 Å². The third-order valence-corrected chi connectivity index (χ3v) is 5.24. The molecule has 3 heteroatoms. The summed E-state index contributed by atoms with van der Waals surface area (Å²) in [5, 5.41) is 0. The van der Waals surface area contributed by atoms with Gasteiger partial charge in [-0.05, 0) is 65.5 Å². The number of hydrogen-bond acceptors (Lipinski definition) is 3. The maximum absolute atomic E-state index is 5.97. The highest BCUT2D eigenvalue weighted by molar-refractivity contribution is 5.18. The molecule has 0 amide bonds. The summed E-state index contributed by atoms with van der Waals surface area (Å²) < 4.78 is 0. The van der Waals surface area contributed by atoms with Crippen LogP contribution in [0, 0.1) is 0 Å². The molecule has 2 aliphatic rings. The van der Waals surface area contributed by atoms with Crippen LogP contribution in [0.4, 0.5) is 0 Å². The Bertz CT molecular complexity index is 316. The fraction of sp³-hybridized carbons (Fsp3) is 0.882. The van der Waals surface area contributed by atoms with E-state index in [1.807, 2.05) is 0 Å². The Balaban J connectivity index is 2.11. The van der Waals surface area contributed by atoms with E-state index in [-0.39, 0.29) is 5.54 Å². The predicted molar refractivity (Wildman–Crippen MR) is 86.4 cm³/mol. The van der Waals surface area contributed by atoms with E-state index in [4.69, 9.17) is 5.84 Å². The summed E-state index contributed by atoms with van der Waals surface area (Å²) >= 11 is 0. The van der Waals surface area contributed by atoms with Crippen molar-refractivity contribution < 1.29 is 0 Å². The Kier molecular flexibility index (Phi) is 6.06. The van der Waals surface area contributed by atoms with Crippen molar-refractivity contribution in [3.63, 3.8) is 0 Å². The molecule has 116 valence electrons. The Hall–Kier alpha value is -0.380. The summed E-state index contributed by atoms with van der Waals surface area (Å²) in [5.74, 6) is 5.97. The molecule has 1 fully saturated rings. The van der Waals surface area contributed by atoms with Gasteiger partial charge in [0, 0.05) is 5.54 Å². The van der Waals surface area contributed by atoms with Gasteiger partial charge in [-0.1, -0.05) is 30.9 Å². The quantitative estimate of drug-likeness (QED) is 0.471. The fourth-order valence-electron chi connectivity index (χ4n) is 3.90. The van der Waals surface area contributed by atoms with Crippen molar-refractivity contribution in [3.05, 3.63) is 11.6 Å². The minimum absolute atomic E-state index is 0.111. The number of nitrogens with zero attached hydrogens (tertiary/aromatic N) is 1. The number of piperidine rings is 1. The average Bonchev–Trinajstić information content (AvgIpc) is 2.42. The van der Waals surface area contributed by atoms with Gasteiger partial charge in [0.25, 0.3) is 0 Å². The minimum Gasteiger partial charge on any atom is -0.296 e. The van der Waals surface area contributed by atoms with Crippen LogP contribution in [0.25, 0.3) is 0 Å². The summed E-state index contributed by atoms with van der Waals surface area (Å²) in [6.07, 6.45) is 14.4. The Morgan fingerprint density at radius 3 is 2.40 bits per heavy atom. The Morgan fingerprint density at radius 1 is 1.05 bits per heavy atom. The van der Waals surface area contributed by atoms with Gasteiger partial charge >= 0.3 is 0 Å². The zero-order valence-electron chi connectivity index (χ0n) is 13.5. The zero-order chi connectivity index (χ0) is 14.4. The molecule has 3 N–H and O–H groups in total. The molecular weight excluding hydrogens is 246 g/mol. The molecule has 2 rings (SSSR count). The van der Waals surface area contributed by atoms with Crippen molar-refractivity contribution in [1.82, 2.24) is 10.3 Å². The lowest BCUT2D eigenvalue weighted by molar-refractivity contribution is 0.0704. The second-order valence-electron chi connectivity index (χ2n) is 7.03. The van der Waals surface area contributed by atoms with Crippen LogP contribution in [0.2, 0.25) is 0 Å². The van der Waals surface area contributed by atoms with Gasteiger partial charge in [0.05, 0.1) is 6.04 Å². The van der Waals surface area contributed by atoms with Gasteiger partial charge in [0.1, 0.15) is 0 Å². The third kappa shape index (κ3) is 3.84. The van der Waals surface area contributed by atoms with E-state index in [0.29, 0.717) is 6.04 Å². The number of nitrogens with one attached hydrogen (secondary N) is 1. The van der Waals surface area contributed by atoms with Gasteiger partial charge in [-0.2, -0.15) is 0 Å². The number of hydrogen-bond donors (Lipinski definition) is 2. The van der Waals surface area contributed by atoms with Crippen molar-refractivity contribution >= 4 is 0 Å². The molecule has 0 radical (unpaired) electrons. The van der Waals surface area contributed by atoms with Crippen LogP contribution in [0.5, 0.6) is 0 Å². The number of rotatable bonds is 4. The molecule has 1 unspecified atom stereocenters. The first-order valence-electron chi connectivity index (χ1n) is 8.56. The average molecular weight is 279 g/mol. The van der Waals surface area contributed by atoms with E-state index in [9.17, 15) is 0 Å². The summed E-state index contributed by atoms with van der Waals surface area (Å²) in [6, 6.07) is 0.290. The Labute approximate surface area is 124 Å². The maximum Gasteiger partial charge on any atom is 0.0598 e. The van der Waals surface area contributed by atoms with Crippen molar-refractivity contribution in [2.45, 2.75) is 83.2 Å². The van der Waals surface area contributed by atoms with E-state index in [1.165, 1.54) is 70.9 Å². The molecule has 0 spiro atoms. The van der Waals surface area contributed by atoms with E-state index >= 15 is 0 Å². The standard InChI is InChI=1S/C17H33N3/c1-17(2,20-13-9-6-10-14-20)16(19-18)15-11-7-4-3-5-8-12-15/h11,16,19H,3-10,12-14,18H2,1-2H3. The molecule has 0 saturated carbocycles. The van der Waals surface area contributed by atoms with Gasteiger partial charge in [-0.3, -0.25) is 16.2 Å². The molecule has 1 saturated heterocycles. The maximum atomic E-state index is 5.97. The number of nitrogens with two attached hydrogens (primary N) is 1. The van der Waals surface area contributed by atoms with E-state index < -0.39 is 0 Å². The lowest BCUT2D eigenvalue weighted by Crippen LogP contribution is -2.61. The first-order chi connectivity index (χ1) is 9.66. The fourth-order valence-corrected chi connectivity index (χ4v) is 3.90. The molecule has 20 heavy (non-hydrogen) atoms. The largest absolute Gasteiger partial charge is 0.296 e. The van der Waals surface area contributed by atoms with Gasteiger partial charge in [0.2, 0.25) is 0 Å². The molecule has 1 aliphatic heterocycles. The molecule has 0 bridgehead atoms. The molecule has 1 aliphatic carbocycles. The Morgan fingerprint density at radius 2 is 1.70 bits per heavy atom. The first kappa shape index (κ1) is 16.0. The lowest BCUT2D eigenvalue weighted by atomic mass is 9.82. The van der Waals surface area contributed by atoms with Gasteiger partial charge in [-0.15, -0.1) is 0 Å². The highest BCUT2D eigenvalue weighted by atomic mass is 15.3. The van der Waals surface area contributed by atoms with Gasteiger partial charge in [0.15, 0.2) is 0 Å². The predicted octanol–water partition coefficient (Wildman–Crippen LogP) is 3.36. The molecule has 1 atom stereocenters. The van der Waals surface area contributed by atoms with Crippen LogP contribution in [-0.4, -0.2) is 29.6 Å². The first-order valence-corrected chi connectivity index (χ1v) is 8.56. The smallest absolute Gasteiger partial charge is 0.0598 e. The molecule has 1 heterocycles. The second-order valence-corrected chi connectivity index (χ2v) is 7.03. The van der Waals surface area contributed by atoms with Crippen molar-refractivity contribution in [1.29, 1.82) is 0 Å². The second kappa shape index (κ2) is 7.58. The van der Waals surface area contributed by atoms with Crippen LogP contribution in [0.3, 0.4) is 0 Å². The van der Waals surface area contributed by atoms with Crippen molar-refractivity contribution in [3.8, 4) is 0 Å². The van der Waals surface area contributed by atoms with E-state index in [1.54, 1.807) is 5.57 Å². The summed E-state index contributed by atoms with van der Waals surface area (Å²) in [7, 11) is 0.